The van der Waals surface area contributed by atoms with Crippen molar-refractivity contribution in [2.45, 2.75) is 31.9 Å². The molecule has 15 heavy (non-hydrogen) atoms. The maximum Gasteiger partial charge on any atom is 0.318 e. The molecule has 1 saturated carbocycles. The third kappa shape index (κ3) is 2.22. The van der Waals surface area contributed by atoms with Crippen molar-refractivity contribution in [2.24, 2.45) is 5.73 Å². The highest BCUT2D eigenvalue weighted by atomic mass is 16.5. The van der Waals surface area contributed by atoms with Gasteiger partial charge in [0.1, 0.15) is 17.9 Å². The van der Waals surface area contributed by atoms with Crippen LogP contribution in [0.25, 0.3) is 0 Å². The van der Waals surface area contributed by atoms with Crippen molar-refractivity contribution in [1.29, 1.82) is 5.26 Å². The Bertz CT molecular complexity index is 406. The largest absolute Gasteiger partial charge is 0.460 e. The average molecular weight is 204 g/mol. The molecule has 1 heterocycles. The average Bonchev–Trinajstić information content (AvgIpc) is 2.14. The molecule has 5 nitrogen and oxygen atoms in total. The first kappa shape index (κ1) is 9.87. The Hall–Kier alpha value is -1.67. The molecule has 5 heteroatoms. The lowest BCUT2D eigenvalue weighted by Gasteiger charge is -2.31. The van der Waals surface area contributed by atoms with Gasteiger partial charge in [0.05, 0.1) is 0 Å². The molecule has 0 aromatic carbocycles. The number of ether oxygens (including phenoxy) is 1. The Labute approximate surface area is 87.9 Å². The van der Waals surface area contributed by atoms with Gasteiger partial charge in [-0.25, -0.2) is 4.98 Å². The summed E-state index contributed by atoms with van der Waals surface area (Å²) in [5.41, 5.74) is 6.71. The van der Waals surface area contributed by atoms with Gasteiger partial charge in [0, 0.05) is 11.7 Å². The van der Waals surface area contributed by atoms with Crippen LogP contribution in [0, 0.1) is 18.3 Å². The molecule has 0 saturated heterocycles. The Kier molecular flexibility index (Phi) is 2.52. The van der Waals surface area contributed by atoms with Gasteiger partial charge in [-0.3, -0.25) is 0 Å². The molecule has 0 atom stereocenters. The van der Waals surface area contributed by atoms with Gasteiger partial charge in [0.15, 0.2) is 0 Å². The lowest BCUT2D eigenvalue weighted by Crippen LogP contribution is -2.43. The molecule has 0 unspecified atom stereocenters. The summed E-state index contributed by atoms with van der Waals surface area (Å²) in [6.07, 6.45) is 1.77. The van der Waals surface area contributed by atoms with Crippen LogP contribution in [0.5, 0.6) is 6.01 Å². The third-order valence-corrected chi connectivity index (χ3v) is 2.35. The number of hydrogen-bond acceptors (Lipinski definition) is 5. The highest BCUT2D eigenvalue weighted by Crippen LogP contribution is 2.22. The first-order chi connectivity index (χ1) is 7.17. The molecule has 1 aliphatic rings. The molecule has 78 valence electrons. The summed E-state index contributed by atoms with van der Waals surface area (Å²) in [5.74, 6) is 0. The van der Waals surface area contributed by atoms with E-state index in [1.54, 1.807) is 6.07 Å². The van der Waals surface area contributed by atoms with Crippen molar-refractivity contribution < 1.29 is 4.74 Å². The summed E-state index contributed by atoms with van der Waals surface area (Å²) in [7, 11) is 0. The Morgan fingerprint density at radius 3 is 2.87 bits per heavy atom. The molecular weight excluding hydrogens is 192 g/mol. The number of aryl methyl sites for hydroxylation is 1. The van der Waals surface area contributed by atoms with E-state index in [-0.39, 0.29) is 18.2 Å². The van der Waals surface area contributed by atoms with Crippen LogP contribution in [-0.4, -0.2) is 22.1 Å². The van der Waals surface area contributed by atoms with Crippen molar-refractivity contribution in [3.8, 4) is 12.1 Å². The zero-order valence-corrected chi connectivity index (χ0v) is 8.47. The lowest BCUT2D eigenvalue weighted by molar-refractivity contribution is 0.0901. The fourth-order valence-electron chi connectivity index (χ4n) is 1.50. The topological polar surface area (TPSA) is 84.8 Å². The molecule has 0 amide bonds. The van der Waals surface area contributed by atoms with Crippen LogP contribution in [0.1, 0.15) is 24.2 Å². The van der Waals surface area contributed by atoms with Crippen molar-refractivity contribution in [1.82, 2.24) is 9.97 Å². The number of aromatic nitrogens is 2. The minimum absolute atomic E-state index is 0.105. The van der Waals surface area contributed by atoms with Crippen molar-refractivity contribution in [3.05, 3.63) is 17.5 Å². The van der Waals surface area contributed by atoms with Crippen LogP contribution in [0.4, 0.5) is 0 Å². The minimum atomic E-state index is 0.105. The fourth-order valence-corrected chi connectivity index (χ4v) is 1.50. The number of hydrogen-bond donors (Lipinski definition) is 1. The van der Waals surface area contributed by atoms with Crippen LogP contribution in [0.3, 0.4) is 0 Å². The van der Waals surface area contributed by atoms with E-state index in [0.717, 1.165) is 18.5 Å². The molecule has 0 aliphatic heterocycles. The molecule has 1 aromatic rings. The van der Waals surface area contributed by atoms with E-state index in [4.69, 9.17) is 15.7 Å². The zero-order chi connectivity index (χ0) is 10.8. The summed E-state index contributed by atoms with van der Waals surface area (Å²) in [4.78, 5) is 8.07. The third-order valence-electron chi connectivity index (χ3n) is 2.35. The van der Waals surface area contributed by atoms with E-state index in [1.165, 1.54) is 0 Å². The van der Waals surface area contributed by atoms with Crippen LogP contribution in [0.15, 0.2) is 6.07 Å². The second-order valence-electron chi connectivity index (χ2n) is 3.76. The van der Waals surface area contributed by atoms with E-state index >= 15 is 0 Å². The molecule has 0 spiro atoms. The smallest absolute Gasteiger partial charge is 0.318 e. The summed E-state index contributed by atoms with van der Waals surface area (Å²) in [6.45, 7) is 1.81. The van der Waals surface area contributed by atoms with Crippen LogP contribution in [-0.2, 0) is 0 Å². The maximum absolute atomic E-state index is 8.72. The van der Waals surface area contributed by atoms with Crippen LogP contribution < -0.4 is 10.5 Å². The van der Waals surface area contributed by atoms with Crippen molar-refractivity contribution in [3.63, 3.8) is 0 Å². The van der Waals surface area contributed by atoms with E-state index in [0.29, 0.717) is 5.69 Å². The molecule has 1 aliphatic carbocycles. The Morgan fingerprint density at radius 1 is 1.53 bits per heavy atom. The monoisotopic (exact) mass is 204 g/mol. The van der Waals surface area contributed by atoms with Gasteiger partial charge in [-0.15, -0.1) is 0 Å². The highest BCUT2D eigenvalue weighted by molar-refractivity contribution is 5.23. The number of nitrogens with zero attached hydrogens (tertiary/aromatic N) is 3. The predicted octanol–water partition coefficient (Wildman–Crippen LogP) is 0.525. The second-order valence-corrected chi connectivity index (χ2v) is 3.76. The second kappa shape index (κ2) is 3.83. The molecule has 1 fully saturated rings. The summed E-state index contributed by atoms with van der Waals surface area (Å²) in [6, 6.07) is 4.11. The summed E-state index contributed by atoms with van der Waals surface area (Å²) < 4.78 is 5.49. The fraction of sp³-hybridized carbons (Fsp3) is 0.500. The summed E-state index contributed by atoms with van der Waals surface area (Å²) >= 11 is 0. The van der Waals surface area contributed by atoms with Gasteiger partial charge in [0.25, 0.3) is 0 Å². The van der Waals surface area contributed by atoms with Gasteiger partial charge >= 0.3 is 6.01 Å². The van der Waals surface area contributed by atoms with Crippen molar-refractivity contribution >= 4 is 0 Å². The zero-order valence-electron chi connectivity index (χ0n) is 8.47. The lowest BCUT2D eigenvalue weighted by atomic mass is 9.90. The Balaban J connectivity index is 2.08. The van der Waals surface area contributed by atoms with Crippen molar-refractivity contribution in [2.75, 3.05) is 0 Å². The standard InChI is InChI=1S/C10H12N4O/c1-6-2-8(5-11)14-10(13-6)15-9-3-7(12)4-9/h2,7,9H,3-4,12H2,1H3. The summed E-state index contributed by atoms with van der Waals surface area (Å²) in [5, 5.41) is 8.72. The van der Waals surface area contributed by atoms with E-state index in [1.807, 2.05) is 13.0 Å². The van der Waals surface area contributed by atoms with Gasteiger partial charge in [-0.1, -0.05) is 0 Å². The van der Waals surface area contributed by atoms with Crippen LogP contribution >= 0.6 is 0 Å². The minimum Gasteiger partial charge on any atom is -0.460 e. The normalized spacial score (nSPS) is 24.1. The maximum atomic E-state index is 8.72. The molecular formula is C10H12N4O. The number of nitrogens with two attached hydrogens (primary N) is 1. The molecule has 1 aromatic heterocycles. The molecule has 0 radical (unpaired) electrons. The van der Waals surface area contributed by atoms with E-state index < -0.39 is 0 Å². The van der Waals surface area contributed by atoms with Gasteiger partial charge in [0.2, 0.25) is 0 Å². The van der Waals surface area contributed by atoms with E-state index in [2.05, 4.69) is 9.97 Å². The molecule has 2 N–H and O–H groups in total. The Morgan fingerprint density at radius 2 is 2.27 bits per heavy atom. The number of nitriles is 1. The quantitative estimate of drug-likeness (QED) is 0.759. The predicted molar refractivity (Wildman–Crippen MR) is 53.1 cm³/mol. The molecule has 2 rings (SSSR count). The van der Waals surface area contributed by atoms with Gasteiger partial charge in [-0.2, -0.15) is 10.2 Å². The number of rotatable bonds is 2. The van der Waals surface area contributed by atoms with Crippen LogP contribution in [0.2, 0.25) is 0 Å². The highest BCUT2D eigenvalue weighted by Gasteiger charge is 2.28. The van der Waals surface area contributed by atoms with Gasteiger partial charge in [-0.05, 0) is 25.8 Å². The van der Waals surface area contributed by atoms with Gasteiger partial charge < -0.3 is 10.5 Å². The first-order valence-corrected chi connectivity index (χ1v) is 4.85. The SMILES string of the molecule is Cc1cc(C#N)nc(OC2CC(N)C2)n1. The first-order valence-electron chi connectivity index (χ1n) is 4.85. The molecule has 0 bridgehead atoms. The van der Waals surface area contributed by atoms with E-state index in [9.17, 15) is 0 Å².